The van der Waals surface area contributed by atoms with Gasteiger partial charge in [-0.3, -0.25) is 14.9 Å². The van der Waals surface area contributed by atoms with E-state index in [1.165, 1.54) is 0 Å². The quantitative estimate of drug-likeness (QED) is 0.444. The molecular weight excluding hydrogens is 308 g/mol. The lowest BCUT2D eigenvalue weighted by molar-refractivity contribution is -0.151. The number of hydrogen-bond donors (Lipinski definition) is 2. The first-order valence-corrected chi connectivity index (χ1v) is 9.31. The molecule has 24 heavy (non-hydrogen) atoms. The molecule has 1 amide bonds. The Kier molecular flexibility index (Phi) is 9.95. The Bertz CT molecular complexity index is 383. The van der Waals surface area contributed by atoms with E-state index in [4.69, 9.17) is 9.47 Å². The minimum atomic E-state index is -0.809. The summed E-state index contributed by atoms with van der Waals surface area (Å²) in [5.74, 6) is -0.355. The lowest BCUT2D eigenvalue weighted by Crippen LogP contribution is -2.54. The van der Waals surface area contributed by atoms with Gasteiger partial charge in [0.15, 0.2) is 0 Å². The zero-order chi connectivity index (χ0) is 17.8. The average Bonchev–Trinajstić information content (AvgIpc) is 2.58. The molecule has 0 saturated carbocycles. The molecule has 0 aliphatic carbocycles. The van der Waals surface area contributed by atoms with Gasteiger partial charge in [-0.1, -0.05) is 32.6 Å². The molecule has 2 N–H and O–H groups in total. The largest absolute Gasteiger partial charge is 0.465 e. The number of esters is 1. The third-order valence-electron chi connectivity index (χ3n) is 4.48. The molecule has 0 bridgehead atoms. The van der Waals surface area contributed by atoms with Crippen LogP contribution in [0.4, 0.5) is 0 Å². The summed E-state index contributed by atoms with van der Waals surface area (Å²) in [6, 6.07) is 0.173. The molecule has 0 spiro atoms. The molecule has 0 unspecified atom stereocenters. The third kappa shape index (κ3) is 7.62. The molecule has 1 heterocycles. The number of hydrogen-bond acceptors (Lipinski definition) is 5. The van der Waals surface area contributed by atoms with Crippen LogP contribution in [0.2, 0.25) is 0 Å². The van der Waals surface area contributed by atoms with Crippen LogP contribution in [-0.2, 0) is 19.1 Å². The summed E-state index contributed by atoms with van der Waals surface area (Å²) in [5, 5.41) is 6.13. The Hall–Kier alpha value is -1.14. The lowest BCUT2D eigenvalue weighted by Gasteiger charge is -2.29. The van der Waals surface area contributed by atoms with Crippen LogP contribution in [0.5, 0.6) is 0 Å². The molecule has 0 aromatic rings. The van der Waals surface area contributed by atoms with E-state index >= 15 is 0 Å². The van der Waals surface area contributed by atoms with Gasteiger partial charge in [0.05, 0.1) is 13.2 Å². The van der Waals surface area contributed by atoms with Crippen LogP contribution in [0.1, 0.15) is 65.7 Å². The van der Waals surface area contributed by atoms with E-state index in [0.29, 0.717) is 26.2 Å². The van der Waals surface area contributed by atoms with E-state index < -0.39 is 5.54 Å². The number of rotatable bonds is 11. The van der Waals surface area contributed by atoms with Crippen LogP contribution in [0.25, 0.3) is 0 Å². The van der Waals surface area contributed by atoms with Gasteiger partial charge in [0.2, 0.25) is 5.91 Å². The van der Waals surface area contributed by atoms with Gasteiger partial charge in [-0.25, -0.2) is 0 Å². The van der Waals surface area contributed by atoms with Gasteiger partial charge < -0.3 is 14.8 Å². The van der Waals surface area contributed by atoms with E-state index in [-0.39, 0.29) is 24.5 Å². The predicted molar refractivity (Wildman–Crippen MR) is 93.8 cm³/mol. The maximum atomic E-state index is 12.3. The molecule has 0 aromatic heterocycles. The van der Waals surface area contributed by atoms with Crippen LogP contribution >= 0.6 is 0 Å². The second-order valence-electron chi connectivity index (χ2n) is 6.67. The first-order valence-electron chi connectivity index (χ1n) is 9.31. The summed E-state index contributed by atoms with van der Waals surface area (Å²) in [6.45, 7) is 7.64. The Morgan fingerprint density at radius 3 is 2.50 bits per heavy atom. The molecule has 6 nitrogen and oxygen atoms in total. The fourth-order valence-corrected chi connectivity index (χ4v) is 2.85. The molecule has 140 valence electrons. The van der Waals surface area contributed by atoms with Gasteiger partial charge >= 0.3 is 5.97 Å². The second-order valence-corrected chi connectivity index (χ2v) is 6.67. The maximum Gasteiger partial charge on any atom is 0.326 e. The Balaban J connectivity index is 2.46. The van der Waals surface area contributed by atoms with Crippen molar-refractivity contribution in [1.29, 1.82) is 0 Å². The first kappa shape index (κ1) is 20.9. The van der Waals surface area contributed by atoms with Crippen molar-refractivity contribution >= 4 is 11.9 Å². The van der Waals surface area contributed by atoms with Crippen LogP contribution in [-0.4, -0.2) is 49.8 Å². The number of carbonyl (C=O) groups excluding carboxylic acids is 2. The lowest BCUT2D eigenvalue weighted by atomic mass is 9.94. The first-order chi connectivity index (χ1) is 11.5. The van der Waals surface area contributed by atoms with Crippen LogP contribution < -0.4 is 10.6 Å². The van der Waals surface area contributed by atoms with Crippen molar-refractivity contribution < 1.29 is 19.1 Å². The van der Waals surface area contributed by atoms with Crippen molar-refractivity contribution in [3.05, 3.63) is 0 Å². The summed E-state index contributed by atoms with van der Waals surface area (Å²) < 4.78 is 10.5. The van der Waals surface area contributed by atoms with Crippen molar-refractivity contribution in [2.75, 3.05) is 26.4 Å². The van der Waals surface area contributed by atoms with Crippen LogP contribution in [0, 0.1) is 0 Å². The van der Waals surface area contributed by atoms with E-state index in [1.54, 1.807) is 6.92 Å². The summed E-state index contributed by atoms with van der Waals surface area (Å²) in [5.41, 5.74) is -0.809. The molecule has 0 aromatic carbocycles. The molecule has 0 radical (unpaired) electrons. The summed E-state index contributed by atoms with van der Waals surface area (Å²) in [4.78, 5) is 24.4. The molecule has 1 atom stereocenters. The molecule has 1 saturated heterocycles. The number of ether oxygens (including phenoxy) is 2. The molecule has 1 aliphatic heterocycles. The topological polar surface area (TPSA) is 76.7 Å². The highest BCUT2D eigenvalue weighted by molar-refractivity contribution is 5.83. The second kappa shape index (κ2) is 11.4. The highest BCUT2D eigenvalue weighted by Crippen LogP contribution is 2.17. The molecular formula is C18H34N2O4. The minimum absolute atomic E-state index is 0.0778. The SMILES string of the molecule is CCCCCC[C@@](C)(NCC(=O)NC1CCOCC1)C(=O)OCC. The Morgan fingerprint density at radius 2 is 1.88 bits per heavy atom. The van der Waals surface area contributed by atoms with Gasteiger partial charge in [0.1, 0.15) is 5.54 Å². The van der Waals surface area contributed by atoms with Gasteiger partial charge in [-0.2, -0.15) is 0 Å². The fourth-order valence-electron chi connectivity index (χ4n) is 2.85. The Labute approximate surface area is 146 Å². The van der Waals surface area contributed by atoms with Crippen molar-refractivity contribution in [2.45, 2.75) is 77.3 Å². The summed E-state index contributed by atoms with van der Waals surface area (Å²) in [6.07, 6.45) is 6.70. The number of amides is 1. The third-order valence-corrected chi connectivity index (χ3v) is 4.48. The number of carbonyl (C=O) groups is 2. The van der Waals surface area contributed by atoms with E-state index in [1.807, 2.05) is 6.92 Å². The van der Waals surface area contributed by atoms with Crippen LogP contribution in [0.15, 0.2) is 0 Å². The van der Waals surface area contributed by atoms with Gasteiger partial charge in [0, 0.05) is 19.3 Å². The fraction of sp³-hybridized carbons (Fsp3) is 0.889. The molecule has 1 rings (SSSR count). The zero-order valence-electron chi connectivity index (χ0n) is 15.5. The van der Waals surface area contributed by atoms with Crippen molar-refractivity contribution in [2.24, 2.45) is 0 Å². The van der Waals surface area contributed by atoms with Gasteiger partial charge in [0.25, 0.3) is 0 Å². The minimum Gasteiger partial charge on any atom is -0.465 e. The molecule has 6 heteroatoms. The number of unbranched alkanes of at least 4 members (excludes halogenated alkanes) is 3. The van der Waals surface area contributed by atoms with Gasteiger partial charge in [-0.15, -0.1) is 0 Å². The molecule has 1 fully saturated rings. The van der Waals surface area contributed by atoms with E-state index in [9.17, 15) is 9.59 Å². The summed E-state index contributed by atoms with van der Waals surface area (Å²) in [7, 11) is 0. The molecule has 1 aliphatic rings. The van der Waals surface area contributed by atoms with Gasteiger partial charge in [-0.05, 0) is 33.1 Å². The highest BCUT2D eigenvalue weighted by atomic mass is 16.5. The number of nitrogens with one attached hydrogen (secondary N) is 2. The standard InChI is InChI=1S/C18H34N2O4/c1-4-6-7-8-11-18(3,17(22)24-5-2)19-14-16(21)20-15-9-12-23-13-10-15/h15,19H,4-14H2,1-3H3,(H,20,21)/t18-/m1/s1. The van der Waals surface area contributed by atoms with Crippen molar-refractivity contribution in [3.8, 4) is 0 Å². The Morgan fingerprint density at radius 1 is 1.17 bits per heavy atom. The highest BCUT2D eigenvalue weighted by Gasteiger charge is 2.34. The normalized spacial score (nSPS) is 18.0. The predicted octanol–water partition coefficient (Wildman–Crippen LogP) is 2.16. The average molecular weight is 342 g/mol. The van der Waals surface area contributed by atoms with E-state index in [2.05, 4.69) is 17.6 Å². The van der Waals surface area contributed by atoms with Crippen LogP contribution in [0.3, 0.4) is 0 Å². The zero-order valence-corrected chi connectivity index (χ0v) is 15.5. The monoisotopic (exact) mass is 342 g/mol. The van der Waals surface area contributed by atoms with E-state index in [0.717, 1.165) is 38.5 Å². The maximum absolute atomic E-state index is 12.3. The smallest absolute Gasteiger partial charge is 0.326 e. The van der Waals surface area contributed by atoms with Crippen molar-refractivity contribution in [1.82, 2.24) is 10.6 Å². The van der Waals surface area contributed by atoms with Crippen molar-refractivity contribution in [3.63, 3.8) is 0 Å². The summed E-state index contributed by atoms with van der Waals surface area (Å²) >= 11 is 0.